The summed E-state index contributed by atoms with van der Waals surface area (Å²) in [5.74, 6) is 0.396. The van der Waals surface area contributed by atoms with Crippen molar-refractivity contribution in [1.82, 2.24) is 0 Å². The summed E-state index contributed by atoms with van der Waals surface area (Å²) in [5.41, 5.74) is 1.81. The molecule has 0 amide bonds. The van der Waals surface area contributed by atoms with Crippen molar-refractivity contribution < 1.29 is 4.79 Å². The molecule has 0 N–H and O–H groups in total. The predicted octanol–water partition coefficient (Wildman–Crippen LogP) is 5.05. The van der Waals surface area contributed by atoms with E-state index in [1.165, 1.54) is 0 Å². The largest absolute Gasteiger partial charge is 0.294 e. The summed E-state index contributed by atoms with van der Waals surface area (Å²) >= 11 is 5.96. The van der Waals surface area contributed by atoms with Gasteiger partial charge in [-0.3, -0.25) is 4.79 Å². The van der Waals surface area contributed by atoms with Crippen molar-refractivity contribution in [2.24, 2.45) is 5.92 Å². The Morgan fingerprint density at radius 3 is 2.65 bits per heavy atom. The van der Waals surface area contributed by atoms with Crippen LogP contribution in [0.1, 0.15) is 55.5 Å². The third-order valence-electron chi connectivity index (χ3n) is 3.23. The Morgan fingerprint density at radius 1 is 1.35 bits per heavy atom. The molecule has 0 bridgehead atoms. The van der Waals surface area contributed by atoms with Crippen LogP contribution in [-0.4, -0.2) is 5.78 Å². The second kappa shape index (κ2) is 6.80. The minimum Gasteiger partial charge on any atom is -0.294 e. The van der Waals surface area contributed by atoms with E-state index in [1.54, 1.807) is 6.07 Å². The molecule has 0 aromatic heterocycles. The number of carbonyl (C=O) groups excluding carboxylic acids is 1. The summed E-state index contributed by atoms with van der Waals surface area (Å²) in [7, 11) is 0. The van der Waals surface area contributed by atoms with Crippen LogP contribution in [0.3, 0.4) is 0 Å². The summed E-state index contributed by atoms with van der Waals surface area (Å²) in [5, 5.41) is 0.643. The molecule has 17 heavy (non-hydrogen) atoms. The molecule has 0 fully saturated rings. The molecule has 0 aliphatic rings. The van der Waals surface area contributed by atoms with Gasteiger partial charge in [0.1, 0.15) is 0 Å². The molecule has 0 aliphatic heterocycles. The van der Waals surface area contributed by atoms with Gasteiger partial charge in [0.2, 0.25) is 0 Å². The van der Waals surface area contributed by atoms with Crippen LogP contribution in [0, 0.1) is 12.8 Å². The molecule has 0 radical (unpaired) electrons. The summed E-state index contributed by atoms with van der Waals surface area (Å²) < 4.78 is 0. The van der Waals surface area contributed by atoms with Gasteiger partial charge in [0, 0.05) is 16.5 Å². The number of rotatable bonds is 6. The Labute approximate surface area is 109 Å². The van der Waals surface area contributed by atoms with Gasteiger partial charge in [0.15, 0.2) is 5.78 Å². The molecule has 0 saturated carbocycles. The standard InChI is InChI=1S/C15H21ClO/c1-4-6-7-12(5-2)15(17)14-10-13(16)9-8-11(14)3/h8-10,12H,4-7H2,1-3H3/t12-/m0/s1. The SMILES string of the molecule is CCCC[C@H](CC)C(=O)c1cc(Cl)ccc1C. The first kappa shape index (κ1) is 14.2. The number of aryl methyl sites for hydroxylation is 1. The molecule has 0 aliphatic carbocycles. The summed E-state index contributed by atoms with van der Waals surface area (Å²) in [6.07, 6.45) is 4.14. The highest BCUT2D eigenvalue weighted by molar-refractivity contribution is 6.31. The molecule has 1 aromatic carbocycles. The van der Waals surface area contributed by atoms with Crippen LogP contribution in [0.5, 0.6) is 0 Å². The average Bonchev–Trinajstić information content (AvgIpc) is 2.33. The van der Waals surface area contributed by atoms with Crippen LogP contribution in [0.15, 0.2) is 18.2 Å². The van der Waals surface area contributed by atoms with Crippen LogP contribution in [0.25, 0.3) is 0 Å². The highest BCUT2D eigenvalue weighted by Gasteiger charge is 2.19. The zero-order chi connectivity index (χ0) is 12.8. The van der Waals surface area contributed by atoms with Crippen LogP contribution in [-0.2, 0) is 0 Å². The van der Waals surface area contributed by atoms with Gasteiger partial charge in [0.05, 0.1) is 0 Å². The third-order valence-corrected chi connectivity index (χ3v) is 3.47. The highest BCUT2D eigenvalue weighted by atomic mass is 35.5. The molecule has 0 spiro atoms. The summed E-state index contributed by atoms with van der Waals surface area (Å²) in [6.45, 7) is 6.20. The smallest absolute Gasteiger partial charge is 0.166 e. The molecule has 0 unspecified atom stereocenters. The fraction of sp³-hybridized carbons (Fsp3) is 0.533. The minimum atomic E-state index is 0.145. The Morgan fingerprint density at radius 2 is 2.06 bits per heavy atom. The molecule has 0 saturated heterocycles. The van der Waals surface area contributed by atoms with Gasteiger partial charge in [-0.1, -0.05) is 44.4 Å². The fourth-order valence-corrected chi connectivity index (χ4v) is 2.22. The van der Waals surface area contributed by atoms with Crippen molar-refractivity contribution in [1.29, 1.82) is 0 Å². The third kappa shape index (κ3) is 3.85. The van der Waals surface area contributed by atoms with Crippen molar-refractivity contribution in [3.63, 3.8) is 0 Å². The maximum absolute atomic E-state index is 12.4. The zero-order valence-electron chi connectivity index (χ0n) is 10.9. The van der Waals surface area contributed by atoms with Crippen molar-refractivity contribution in [2.45, 2.75) is 46.5 Å². The van der Waals surface area contributed by atoms with E-state index in [1.807, 2.05) is 19.1 Å². The number of unbranched alkanes of at least 4 members (excludes halogenated alkanes) is 1. The van der Waals surface area contributed by atoms with Gasteiger partial charge in [-0.25, -0.2) is 0 Å². The molecule has 1 nitrogen and oxygen atoms in total. The van der Waals surface area contributed by atoms with Crippen molar-refractivity contribution in [3.8, 4) is 0 Å². The Bertz CT molecular complexity index is 385. The Kier molecular flexibility index (Phi) is 5.70. The average molecular weight is 253 g/mol. The van der Waals surface area contributed by atoms with E-state index in [0.29, 0.717) is 5.02 Å². The minimum absolute atomic E-state index is 0.145. The highest BCUT2D eigenvalue weighted by Crippen LogP contribution is 2.23. The summed E-state index contributed by atoms with van der Waals surface area (Å²) in [6, 6.07) is 5.55. The molecule has 0 heterocycles. The fourth-order valence-electron chi connectivity index (χ4n) is 2.05. The van der Waals surface area contributed by atoms with E-state index in [9.17, 15) is 4.79 Å². The number of halogens is 1. The number of hydrogen-bond acceptors (Lipinski definition) is 1. The van der Waals surface area contributed by atoms with E-state index in [2.05, 4.69) is 13.8 Å². The normalized spacial score (nSPS) is 12.5. The first-order valence-corrected chi connectivity index (χ1v) is 6.78. The lowest BCUT2D eigenvalue weighted by Gasteiger charge is -2.15. The van der Waals surface area contributed by atoms with E-state index in [4.69, 9.17) is 11.6 Å². The number of ketones is 1. The molecular formula is C15H21ClO. The molecule has 2 heteroatoms. The lowest BCUT2D eigenvalue weighted by Crippen LogP contribution is -2.15. The topological polar surface area (TPSA) is 17.1 Å². The van der Waals surface area contributed by atoms with Gasteiger partial charge in [-0.05, 0) is 37.5 Å². The van der Waals surface area contributed by atoms with Crippen LogP contribution >= 0.6 is 11.6 Å². The van der Waals surface area contributed by atoms with Gasteiger partial charge >= 0.3 is 0 Å². The lowest BCUT2D eigenvalue weighted by molar-refractivity contribution is 0.0907. The number of carbonyl (C=O) groups is 1. The van der Waals surface area contributed by atoms with Crippen molar-refractivity contribution in [3.05, 3.63) is 34.3 Å². The molecule has 1 atom stereocenters. The number of Topliss-reactive ketones (excluding diaryl/α,β-unsaturated/α-hetero) is 1. The number of hydrogen-bond donors (Lipinski definition) is 0. The van der Waals surface area contributed by atoms with E-state index >= 15 is 0 Å². The van der Waals surface area contributed by atoms with E-state index < -0.39 is 0 Å². The van der Waals surface area contributed by atoms with Crippen LogP contribution in [0.4, 0.5) is 0 Å². The van der Waals surface area contributed by atoms with E-state index in [-0.39, 0.29) is 11.7 Å². The second-order valence-electron chi connectivity index (χ2n) is 4.57. The predicted molar refractivity (Wildman–Crippen MR) is 73.8 cm³/mol. The van der Waals surface area contributed by atoms with Crippen LogP contribution < -0.4 is 0 Å². The van der Waals surface area contributed by atoms with Crippen molar-refractivity contribution in [2.75, 3.05) is 0 Å². The Balaban J connectivity index is 2.89. The van der Waals surface area contributed by atoms with Gasteiger partial charge in [0.25, 0.3) is 0 Å². The number of benzene rings is 1. The quantitative estimate of drug-likeness (QED) is 0.648. The monoisotopic (exact) mass is 252 g/mol. The van der Waals surface area contributed by atoms with Gasteiger partial charge < -0.3 is 0 Å². The first-order chi connectivity index (χ1) is 8.10. The first-order valence-electron chi connectivity index (χ1n) is 6.40. The maximum atomic E-state index is 12.4. The maximum Gasteiger partial charge on any atom is 0.166 e. The lowest BCUT2D eigenvalue weighted by atomic mass is 9.89. The molecular weight excluding hydrogens is 232 g/mol. The molecule has 1 rings (SSSR count). The van der Waals surface area contributed by atoms with Crippen molar-refractivity contribution >= 4 is 17.4 Å². The second-order valence-corrected chi connectivity index (χ2v) is 5.01. The van der Waals surface area contributed by atoms with Gasteiger partial charge in [-0.2, -0.15) is 0 Å². The molecule has 94 valence electrons. The van der Waals surface area contributed by atoms with Crippen LogP contribution in [0.2, 0.25) is 5.02 Å². The molecule has 1 aromatic rings. The van der Waals surface area contributed by atoms with Gasteiger partial charge in [-0.15, -0.1) is 0 Å². The zero-order valence-corrected chi connectivity index (χ0v) is 11.7. The van der Waals surface area contributed by atoms with E-state index in [0.717, 1.165) is 36.8 Å². The Hall–Kier alpha value is -0.820. The summed E-state index contributed by atoms with van der Waals surface area (Å²) in [4.78, 5) is 12.4.